The van der Waals surface area contributed by atoms with Gasteiger partial charge < -0.3 is 20.8 Å². The smallest absolute Gasteiger partial charge is 0.137 e. The van der Waals surface area contributed by atoms with Crippen LogP contribution in [0, 0.1) is 25.2 Å². The number of benzene rings is 1. The van der Waals surface area contributed by atoms with E-state index in [0.717, 1.165) is 33.5 Å². The maximum absolute atomic E-state index is 9.06. The molecule has 0 saturated heterocycles. The molecule has 34 heavy (non-hydrogen) atoms. The number of pyridine rings is 2. The number of hydrogen-bond acceptors (Lipinski definition) is 8. The number of anilines is 3. The molecule has 0 aliphatic rings. The summed E-state index contributed by atoms with van der Waals surface area (Å²) in [4.78, 5) is 17.4. The first-order chi connectivity index (χ1) is 16.5. The molecule has 0 bridgehead atoms. The number of aromatic nitrogens is 5. The first-order valence-corrected chi connectivity index (χ1v) is 10.8. The van der Waals surface area contributed by atoms with E-state index in [1.54, 1.807) is 18.5 Å². The monoisotopic (exact) mass is 449 g/mol. The number of nitrogens with two attached hydrogens (primary N) is 1. The lowest BCUT2D eigenvalue weighted by atomic mass is 9.96. The molecule has 4 N–H and O–H groups in total. The minimum atomic E-state index is 0.498. The average molecular weight is 450 g/mol. The van der Waals surface area contributed by atoms with Crippen LogP contribution in [0.4, 0.5) is 17.5 Å². The van der Waals surface area contributed by atoms with E-state index in [4.69, 9.17) is 11.0 Å². The summed E-state index contributed by atoms with van der Waals surface area (Å²) in [7, 11) is 0. The van der Waals surface area contributed by atoms with Crippen LogP contribution >= 0.6 is 0 Å². The van der Waals surface area contributed by atoms with Crippen molar-refractivity contribution in [2.24, 2.45) is 0 Å². The number of nitrogen functional groups attached to an aromatic ring is 1. The Morgan fingerprint density at radius 3 is 2.56 bits per heavy atom. The molecule has 0 saturated carbocycles. The Morgan fingerprint density at radius 1 is 0.971 bits per heavy atom. The fourth-order valence-electron chi connectivity index (χ4n) is 4.11. The van der Waals surface area contributed by atoms with Crippen LogP contribution in [-0.2, 0) is 13.1 Å². The lowest BCUT2D eigenvalue weighted by Crippen LogP contribution is -2.08. The summed E-state index contributed by atoms with van der Waals surface area (Å²) in [6.45, 7) is 5.31. The lowest BCUT2D eigenvalue weighted by Gasteiger charge is -2.15. The SMILES string of the molecule is Cc1cc2c(N)nccc2c(C)c1CNc1cc(NCc2cn3cc(C#N)ccc3n2)ncn1. The van der Waals surface area contributed by atoms with Gasteiger partial charge >= 0.3 is 0 Å². The summed E-state index contributed by atoms with van der Waals surface area (Å²) < 4.78 is 1.85. The third kappa shape index (κ3) is 4.04. The topological polar surface area (TPSA) is 130 Å². The zero-order valence-electron chi connectivity index (χ0n) is 18.9. The molecular weight excluding hydrogens is 426 g/mol. The molecule has 0 spiro atoms. The van der Waals surface area contributed by atoms with Gasteiger partial charge in [-0.1, -0.05) is 0 Å². The highest BCUT2D eigenvalue weighted by atomic mass is 15.1. The van der Waals surface area contributed by atoms with E-state index in [0.29, 0.717) is 30.3 Å². The maximum atomic E-state index is 9.06. The van der Waals surface area contributed by atoms with Crippen molar-refractivity contribution >= 4 is 33.9 Å². The van der Waals surface area contributed by atoms with Crippen LogP contribution in [-0.4, -0.2) is 24.3 Å². The molecule has 0 fully saturated rings. The molecule has 9 heteroatoms. The second-order valence-electron chi connectivity index (χ2n) is 8.11. The number of aryl methyl sites for hydroxylation is 2. The highest BCUT2D eigenvalue weighted by molar-refractivity contribution is 5.94. The summed E-state index contributed by atoms with van der Waals surface area (Å²) in [6, 6.07) is 11.7. The van der Waals surface area contributed by atoms with Crippen molar-refractivity contribution < 1.29 is 0 Å². The molecule has 0 amide bonds. The quantitative estimate of drug-likeness (QED) is 0.355. The Hall–Kier alpha value is -4.71. The van der Waals surface area contributed by atoms with Gasteiger partial charge in [0, 0.05) is 36.6 Å². The van der Waals surface area contributed by atoms with Crippen LogP contribution in [0.15, 0.2) is 55.2 Å². The van der Waals surface area contributed by atoms with Gasteiger partial charge in [0.1, 0.15) is 35.5 Å². The summed E-state index contributed by atoms with van der Waals surface area (Å²) in [6.07, 6.45) is 6.93. The van der Waals surface area contributed by atoms with E-state index < -0.39 is 0 Å². The highest BCUT2D eigenvalue weighted by Gasteiger charge is 2.11. The Bertz CT molecular complexity index is 1560. The molecular formula is C25H23N9. The van der Waals surface area contributed by atoms with Gasteiger partial charge in [-0.05, 0) is 60.2 Å². The Morgan fingerprint density at radius 2 is 1.76 bits per heavy atom. The van der Waals surface area contributed by atoms with Gasteiger partial charge in [-0.15, -0.1) is 0 Å². The van der Waals surface area contributed by atoms with Crippen LogP contribution in [0.3, 0.4) is 0 Å². The minimum absolute atomic E-state index is 0.498. The number of imidazole rings is 1. The Balaban J connectivity index is 1.29. The lowest BCUT2D eigenvalue weighted by molar-refractivity contribution is 1.03. The third-order valence-electron chi connectivity index (χ3n) is 5.91. The van der Waals surface area contributed by atoms with E-state index in [2.05, 4.69) is 56.6 Å². The second-order valence-corrected chi connectivity index (χ2v) is 8.11. The Labute approximate surface area is 196 Å². The molecule has 0 unspecified atom stereocenters. The number of fused-ring (bicyclic) bond motifs is 2. The highest BCUT2D eigenvalue weighted by Crippen LogP contribution is 2.28. The molecule has 4 heterocycles. The molecule has 0 aliphatic carbocycles. The molecule has 168 valence electrons. The first kappa shape index (κ1) is 21.2. The van der Waals surface area contributed by atoms with Crippen molar-refractivity contribution in [1.82, 2.24) is 24.3 Å². The van der Waals surface area contributed by atoms with Crippen molar-refractivity contribution in [3.8, 4) is 6.07 Å². The zero-order valence-corrected chi connectivity index (χ0v) is 18.9. The molecule has 5 rings (SSSR count). The van der Waals surface area contributed by atoms with Crippen LogP contribution in [0.25, 0.3) is 16.4 Å². The fraction of sp³-hybridized carbons (Fsp3) is 0.160. The fourth-order valence-corrected chi connectivity index (χ4v) is 4.11. The summed E-state index contributed by atoms with van der Waals surface area (Å²) in [5.74, 6) is 1.96. The second kappa shape index (κ2) is 8.67. The van der Waals surface area contributed by atoms with E-state index in [-0.39, 0.29) is 0 Å². The number of nitrogens with zero attached hydrogens (tertiary/aromatic N) is 6. The van der Waals surface area contributed by atoms with Gasteiger partial charge in [-0.25, -0.2) is 19.9 Å². The van der Waals surface area contributed by atoms with Gasteiger partial charge in [0.25, 0.3) is 0 Å². The minimum Gasteiger partial charge on any atom is -0.383 e. The number of rotatable bonds is 6. The van der Waals surface area contributed by atoms with E-state index >= 15 is 0 Å². The first-order valence-electron chi connectivity index (χ1n) is 10.8. The van der Waals surface area contributed by atoms with Crippen molar-refractivity contribution in [3.05, 3.63) is 83.2 Å². The number of nitrogens with one attached hydrogen (secondary N) is 2. The van der Waals surface area contributed by atoms with Gasteiger partial charge in [-0.2, -0.15) is 5.26 Å². The van der Waals surface area contributed by atoms with E-state index in [1.165, 1.54) is 17.5 Å². The van der Waals surface area contributed by atoms with Gasteiger partial charge in [0.2, 0.25) is 0 Å². The predicted octanol–water partition coefficient (Wildman–Crippen LogP) is 3.97. The van der Waals surface area contributed by atoms with Crippen LogP contribution in [0.1, 0.15) is 27.9 Å². The van der Waals surface area contributed by atoms with Gasteiger partial charge in [-0.3, -0.25) is 0 Å². The average Bonchev–Trinajstić information content (AvgIpc) is 3.26. The predicted molar refractivity (Wildman–Crippen MR) is 132 cm³/mol. The van der Waals surface area contributed by atoms with Crippen molar-refractivity contribution in [2.75, 3.05) is 16.4 Å². The van der Waals surface area contributed by atoms with E-state index in [1.807, 2.05) is 28.8 Å². The van der Waals surface area contributed by atoms with Crippen LogP contribution < -0.4 is 16.4 Å². The number of hydrogen-bond donors (Lipinski definition) is 3. The largest absolute Gasteiger partial charge is 0.383 e. The van der Waals surface area contributed by atoms with E-state index in [9.17, 15) is 0 Å². The summed E-state index contributed by atoms with van der Waals surface area (Å²) in [5.41, 5.74) is 11.8. The number of nitriles is 1. The molecule has 0 aliphatic heterocycles. The molecule has 9 nitrogen and oxygen atoms in total. The van der Waals surface area contributed by atoms with Crippen molar-refractivity contribution in [1.29, 1.82) is 5.26 Å². The molecule has 1 aromatic carbocycles. The summed E-state index contributed by atoms with van der Waals surface area (Å²) >= 11 is 0. The molecule has 4 aromatic heterocycles. The van der Waals surface area contributed by atoms with Gasteiger partial charge in [0.05, 0.1) is 17.8 Å². The zero-order chi connectivity index (χ0) is 23.7. The molecule has 0 atom stereocenters. The molecule has 5 aromatic rings. The summed E-state index contributed by atoms with van der Waals surface area (Å²) in [5, 5.41) is 17.8. The Kier molecular flexibility index (Phi) is 5.40. The van der Waals surface area contributed by atoms with Crippen molar-refractivity contribution in [2.45, 2.75) is 26.9 Å². The molecule has 0 radical (unpaired) electrons. The van der Waals surface area contributed by atoms with Gasteiger partial charge in [0.15, 0.2) is 0 Å². The standard InChI is InChI=1S/C25H23N9/c1-15-7-20-19(5-6-28-25(20)27)16(2)21(15)11-30-23-8-22(31-14-32-23)29-10-18-13-34-12-17(9-26)3-4-24(34)33-18/h3-8,12-14H,10-11H2,1-2H3,(H2,27,28)(H2,29,30,31,32). The van der Waals surface area contributed by atoms with Crippen molar-refractivity contribution in [3.63, 3.8) is 0 Å². The maximum Gasteiger partial charge on any atom is 0.137 e. The third-order valence-corrected chi connectivity index (χ3v) is 5.91. The normalized spacial score (nSPS) is 11.0. The van der Waals surface area contributed by atoms with Crippen LogP contribution in [0.2, 0.25) is 0 Å². The van der Waals surface area contributed by atoms with Crippen LogP contribution in [0.5, 0.6) is 0 Å².